The van der Waals surface area contributed by atoms with E-state index in [1.165, 1.54) is 0 Å². The Balaban J connectivity index is 0.00000300. The highest BCUT2D eigenvalue weighted by atomic mass is 35.5. The lowest BCUT2D eigenvalue weighted by Crippen LogP contribution is -2.75. The van der Waals surface area contributed by atoms with Crippen LogP contribution in [0.4, 0.5) is 0 Å². The van der Waals surface area contributed by atoms with E-state index in [1.54, 1.807) is 12.1 Å². The number of amides is 3. The number of likely N-dealkylation sites (tertiary alicyclic amines) is 1. The Labute approximate surface area is 290 Å². The number of piperazine rings is 1. The van der Waals surface area contributed by atoms with Crippen LogP contribution < -0.4 is 10.6 Å². The minimum absolute atomic E-state index is 0. The number of aliphatic hydroxyl groups excluding tert-OH is 2. The molecule has 2 atom stereocenters. The summed E-state index contributed by atoms with van der Waals surface area (Å²) < 4.78 is 1.89. The van der Waals surface area contributed by atoms with Crippen LogP contribution in [0.1, 0.15) is 92.0 Å². The van der Waals surface area contributed by atoms with Crippen molar-refractivity contribution in [1.82, 2.24) is 30.2 Å². The second kappa shape index (κ2) is 17.1. The number of unbranched alkanes of at least 4 members (excludes halogenated alkanes) is 1. The molecular formula is C34H52Cl2N6O5. The Morgan fingerprint density at radius 1 is 1.09 bits per heavy atom. The van der Waals surface area contributed by atoms with Gasteiger partial charge in [-0.15, -0.1) is 24.8 Å². The number of rotatable bonds is 11. The molecule has 0 bridgehead atoms. The summed E-state index contributed by atoms with van der Waals surface area (Å²) in [5, 5.41) is 30.7. The van der Waals surface area contributed by atoms with E-state index in [1.807, 2.05) is 35.6 Å². The van der Waals surface area contributed by atoms with E-state index in [-0.39, 0.29) is 61.6 Å². The molecule has 3 heterocycles. The van der Waals surface area contributed by atoms with Crippen LogP contribution >= 0.6 is 24.8 Å². The Morgan fingerprint density at radius 2 is 1.74 bits per heavy atom. The van der Waals surface area contributed by atoms with Crippen molar-refractivity contribution in [2.24, 2.45) is 5.92 Å². The van der Waals surface area contributed by atoms with Crippen molar-refractivity contribution in [2.45, 2.75) is 103 Å². The first-order chi connectivity index (χ1) is 21.7. The molecule has 2 saturated heterocycles. The van der Waals surface area contributed by atoms with Crippen molar-refractivity contribution < 1.29 is 24.6 Å². The third-order valence-corrected chi connectivity index (χ3v) is 10.2. The monoisotopic (exact) mass is 694 g/mol. The summed E-state index contributed by atoms with van der Waals surface area (Å²) in [5.74, 6) is -0.422. The van der Waals surface area contributed by atoms with Gasteiger partial charge in [0.25, 0.3) is 5.91 Å². The maximum atomic E-state index is 13.9. The molecule has 3 amide bonds. The van der Waals surface area contributed by atoms with Gasteiger partial charge < -0.3 is 25.7 Å². The zero-order valence-electron chi connectivity index (χ0n) is 27.9. The largest absolute Gasteiger partial charge is 0.395 e. The fourth-order valence-corrected chi connectivity index (χ4v) is 7.44. The predicted molar refractivity (Wildman–Crippen MR) is 185 cm³/mol. The minimum Gasteiger partial charge on any atom is -0.395 e. The summed E-state index contributed by atoms with van der Waals surface area (Å²) in [4.78, 5) is 44.2. The highest BCUT2D eigenvalue weighted by Crippen LogP contribution is 2.37. The summed E-state index contributed by atoms with van der Waals surface area (Å²) in [6.07, 6.45) is 7.09. The van der Waals surface area contributed by atoms with Crippen LogP contribution in [0.25, 0.3) is 5.69 Å². The van der Waals surface area contributed by atoms with E-state index in [9.17, 15) is 19.5 Å². The van der Waals surface area contributed by atoms with E-state index in [4.69, 9.17) is 10.2 Å². The van der Waals surface area contributed by atoms with Gasteiger partial charge >= 0.3 is 0 Å². The standard InChI is InChI=1S/C34H50N6O5.2ClH/c1-4-5-18-39-32(44)29(30(42)25-9-7-6-8-10-25)36-33(45)34(39)15-19-38(20-16-34)22-28-23(2)37-40(24(28)3)27-13-11-26(12-14-27)31(43)35-17-21-41;;/h11-14,25,29-30,41-42H,4-10,15-22H2,1-3H3,(H,35,43)(H,36,45);2*1H/t29-,30-;;/m1../s1. The van der Waals surface area contributed by atoms with Crippen LogP contribution in [-0.4, -0.2) is 98.0 Å². The van der Waals surface area contributed by atoms with E-state index in [2.05, 4.69) is 22.5 Å². The summed E-state index contributed by atoms with van der Waals surface area (Å²) in [5.41, 5.74) is 3.55. The first-order valence-electron chi connectivity index (χ1n) is 16.8. The van der Waals surface area contributed by atoms with Crippen molar-refractivity contribution in [3.63, 3.8) is 0 Å². The summed E-state index contributed by atoms with van der Waals surface area (Å²) in [6.45, 7) is 8.78. The number of aliphatic hydroxyl groups is 2. The van der Waals surface area contributed by atoms with E-state index >= 15 is 0 Å². The van der Waals surface area contributed by atoms with Crippen molar-refractivity contribution in [2.75, 3.05) is 32.8 Å². The number of nitrogens with zero attached hydrogens (tertiary/aromatic N) is 4. The van der Waals surface area contributed by atoms with Gasteiger partial charge in [-0.2, -0.15) is 5.10 Å². The average Bonchev–Trinajstić information content (AvgIpc) is 3.34. The van der Waals surface area contributed by atoms with Gasteiger partial charge in [0.15, 0.2) is 0 Å². The number of carbonyl (C=O) groups is 3. The van der Waals surface area contributed by atoms with Gasteiger partial charge in [0.05, 0.1) is 24.1 Å². The lowest BCUT2D eigenvalue weighted by atomic mass is 9.78. The molecule has 1 aromatic heterocycles. The Bertz CT molecular complexity index is 1360. The SMILES string of the molecule is CCCCN1C(=O)[C@@H]([C@H](O)C2CCCCC2)NC(=O)C12CCN(Cc1c(C)nn(-c3ccc(C(=O)NCCO)cc3)c1C)CC2.Cl.Cl. The van der Waals surface area contributed by atoms with Crippen molar-refractivity contribution in [3.05, 3.63) is 46.8 Å². The Morgan fingerprint density at radius 3 is 2.36 bits per heavy atom. The summed E-state index contributed by atoms with van der Waals surface area (Å²) in [6, 6.07) is 6.37. The lowest BCUT2D eigenvalue weighted by Gasteiger charge is -2.52. The molecule has 1 saturated carbocycles. The third kappa shape index (κ3) is 8.13. The number of aryl methyl sites for hydroxylation is 1. The smallest absolute Gasteiger partial charge is 0.251 e. The molecule has 1 aliphatic carbocycles. The molecule has 4 N–H and O–H groups in total. The van der Waals surface area contributed by atoms with E-state index in [0.717, 1.165) is 67.6 Å². The van der Waals surface area contributed by atoms with Crippen LogP contribution in [0, 0.1) is 19.8 Å². The van der Waals surface area contributed by atoms with Gasteiger partial charge in [-0.3, -0.25) is 19.3 Å². The highest BCUT2D eigenvalue weighted by Gasteiger charge is 2.55. The van der Waals surface area contributed by atoms with Gasteiger partial charge in [0.1, 0.15) is 11.6 Å². The normalized spacial score (nSPS) is 20.7. The molecular weight excluding hydrogens is 643 g/mol. The quantitative estimate of drug-likeness (QED) is 0.283. The van der Waals surface area contributed by atoms with Gasteiger partial charge in [0, 0.05) is 49.5 Å². The van der Waals surface area contributed by atoms with Crippen LogP contribution in [0.2, 0.25) is 0 Å². The van der Waals surface area contributed by atoms with Crippen LogP contribution in [-0.2, 0) is 16.1 Å². The van der Waals surface area contributed by atoms with Crippen LogP contribution in [0.3, 0.4) is 0 Å². The molecule has 47 heavy (non-hydrogen) atoms. The number of nitrogens with one attached hydrogen (secondary N) is 2. The van der Waals surface area contributed by atoms with E-state index in [0.29, 0.717) is 44.6 Å². The molecule has 3 fully saturated rings. The number of hydrogen-bond acceptors (Lipinski definition) is 7. The van der Waals surface area contributed by atoms with Crippen LogP contribution in [0.5, 0.6) is 0 Å². The lowest BCUT2D eigenvalue weighted by molar-refractivity contribution is -0.166. The minimum atomic E-state index is -0.884. The van der Waals surface area contributed by atoms with Crippen molar-refractivity contribution in [3.8, 4) is 5.69 Å². The van der Waals surface area contributed by atoms with Crippen LogP contribution in [0.15, 0.2) is 24.3 Å². The predicted octanol–water partition coefficient (Wildman–Crippen LogP) is 3.46. The Kier molecular flexibility index (Phi) is 14.1. The first kappa shape index (κ1) is 38.7. The molecule has 2 aliphatic heterocycles. The number of hydrogen-bond donors (Lipinski definition) is 4. The zero-order chi connectivity index (χ0) is 32.1. The molecule has 1 aromatic carbocycles. The third-order valence-electron chi connectivity index (χ3n) is 10.2. The summed E-state index contributed by atoms with van der Waals surface area (Å²) in [7, 11) is 0. The maximum Gasteiger partial charge on any atom is 0.251 e. The van der Waals surface area contributed by atoms with Crippen molar-refractivity contribution in [1.29, 1.82) is 0 Å². The Hall–Kier alpha value is -2.70. The molecule has 0 unspecified atom stereocenters. The summed E-state index contributed by atoms with van der Waals surface area (Å²) >= 11 is 0. The molecule has 1 spiro atoms. The molecule has 3 aliphatic rings. The number of carbonyl (C=O) groups excluding carboxylic acids is 3. The molecule has 5 rings (SSSR count). The van der Waals surface area contributed by atoms with Gasteiger partial charge in [0.2, 0.25) is 11.8 Å². The van der Waals surface area contributed by atoms with Gasteiger partial charge in [-0.05, 0) is 76.1 Å². The van der Waals surface area contributed by atoms with E-state index < -0.39 is 17.7 Å². The molecule has 11 nitrogen and oxygen atoms in total. The fraction of sp³-hybridized carbons (Fsp3) is 0.647. The fourth-order valence-electron chi connectivity index (χ4n) is 7.44. The zero-order valence-corrected chi connectivity index (χ0v) is 29.5. The molecule has 262 valence electrons. The molecule has 0 radical (unpaired) electrons. The molecule has 2 aromatic rings. The van der Waals surface area contributed by atoms with Gasteiger partial charge in [-0.1, -0.05) is 32.6 Å². The highest BCUT2D eigenvalue weighted by molar-refractivity contribution is 6.00. The average molecular weight is 696 g/mol. The number of halogens is 2. The maximum absolute atomic E-state index is 13.9. The second-order valence-electron chi connectivity index (χ2n) is 13.1. The van der Waals surface area contributed by atoms with Gasteiger partial charge in [-0.25, -0.2) is 4.68 Å². The number of benzene rings is 1. The number of aromatic nitrogens is 2. The van der Waals surface area contributed by atoms with Crippen molar-refractivity contribution >= 4 is 42.5 Å². The molecule has 13 heteroatoms. The topological polar surface area (TPSA) is 140 Å². The first-order valence-corrected chi connectivity index (χ1v) is 16.8. The number of piperidine rings is 1. The second-order valence-corrected chi connectivity index (χ2v) is 13.1.